The molecule has 94 valence electrons. The van der Waals surface area contributed by atoms with E-state index in [1.807, 2.05) is 26.0 Å². The number of benzene rings is 1. The van der Waals surface area contributed by atoms with Crippen LogP contribution in [0.15, 0.2) is 30.3 Å². The van der Waals surface area contributed by atoms with Crippen molar-refractivity contribution < 1.29 is 5.11 Å². The zero-order valence-corrected chi connectivity index (χ0v) is 11.6. The van der Waals surface area contributed by atoms with Crippen molar-refractivity contribution >= 4 is 23.2 Å². The van der Waals surface area contributed by atoms with E-state index in [1.54, 1.807) is 18.2 Å². The summed E-state index contributed by atoms with van der Waals surface area (Å²) >= 11 is 12.1. The Morgan fingerprint density at radius 3 is 2.44 bits per heavy atom. The molecule has 1 aromatic carbocycles. The highest BCUT2D eigenvalue weighted by atomic mass is 35.5. The Morgan fingerprint density at radius 2 is 1.78 bits per heavy atom. The topological polar surface area (TPSA) is 33.1 Å². The summed E-state index contributed by atoms with van der Waals surface area (Å²) in [5.41, 5.74) is 3.04. The molecule has 0 aliphatic carbocycles. The summed E-state index contributed by atoms with van der Waals surface area (Å²) in [6.45, 7) is 3.78. The van der Waals surface area contributed by atoms with Crippen LogP contribution in [-0.2, 0) is 0 Å². The number of halogens is 2. The lowest BCUT2D eigenvalue weighted by Crippen LogP contribution is -2.05. The minimum atomic E-state index is -0.815. The third-order valence-electron chi connectivity index (χ3n) is 2.84. The molecule has 2 nitrogen and oxygen atoms in total. The summed E-state index contributed by atoms with van der Waals surface area (Å²) in [6, 6.07) is 8.95. The number of rotatable bonds is 2. The maximum Gasteiger partial charge on any atom is 0.107 e. The van der Waals surface area contributed by atoms with E-state index in [2.05, 4.69) is 4.98 Å². The second kappa shape index (κ2) is 5.27. The maximum absolute atomic E-state index is 10.4. The van der Waals surface area contributed by atoms with Gasteiger partial charge in [-0.25, -0.2) is 0 Å². The Hall–Kier alpha value is -1.09. The lowest BCUT2D eigenvalue weighted by molar-refractivity contribution is 0.219. The summed E-state index contributed by atoms with van der Waals surface area (Å²) in [5, 5.41) is 11.2. The smallest absolute Gasteiger partial charge is 0.107 e. The van der Waals surface area contributed by atoms with Crippen molar-refractivity contribution in [3.8, 4) is 0 Å². The van der Waals surface area contributed by atoms with Crippen LogP contribution in [-0.4, -0.2) is 10.1 Å². The van der Waals surface area contributed by atoms with Gasteiger partial charge in [-0.1, -0.05) is 41.4 Å². The van der Waals surface area contributed by atoms with Crippen LogP contribution >= 0.6 is 23.2 Å². The van der Waals surface area contributed by atoms with Crippen LogP contribution in [0.1, 0.15) is 28.6 Å². The normalized spacial score (nSPS) is 12.5. The van der Waals surface area contributed by atoms with Crippen molar-refractivity contribution in [3.63, 3.8) is 0 Å². The summed E-state index contributed by atoms with van der Waals surface area (Å²) in [5.74, 6) is 0. The predicted octanol–water partition coefficient (Wildman–Crippen LogP) is 4.09. The van der Waals surface area contributed by atoms with Crippen LogP contribution in [0.5, 0.6) is 0 Å². The molecule has 1 unspecified atom stereocenters. The van der Waals surface area contributed by atoms with Gasteiger partial charge in [0.25, 0.3) is 0 Å². The monoisotopic (exact) mass is 281 g/mol. The molecule has 1 heterocycles. The van der Waals surface area contributed by atoms with Gasteiger partial charge in [-0.2, -0.15) is 0 Å². The number of nitrogens with zero attached hydrogens (tertiary/aromatic N) is 1. The van der Waals surface area contributed by atoms with Crippen molar-refractivity contribution in [3.05, 3.63) is 62.9 Å². The third kappa shape index (κ3) is 2.51. The van der Waals surface area contributed by atoms with E-state index in [0.717, 1.165) is 17.0 Å². The quantitative estimate of drug-likeness (QED) is 0.900. The zero-order chi connectivity index (χ0) is 13.3. The molecular formula is C14H13Cl2NO. The first-order valence-corrected chi connectivity index (χ1v) is 6.32. The van der Waals surface area contributed by atoms with Crippen molar-refractivity contribution in [2.45, 2.75) is 20.0 Å². The Kier molecular flexibility index (Phi) is 3.91. The second-order valence-electron chi connectivity index (χ2n) is 4.17. The molecule has 0 aliphatic heterocycles. The number of pyridine rings is 1. The predicted molar refractivity (Wildman–Crippen MR) is 74.2 cm³/mol. The van der Waals surface area contributed by atoms with Crippen LogP contribution in [0.3, 0.4) is 0 Å². The molecule has 0 saturated heterocycles. The maximum atomic E-state index is 10.4. The molecule has 0 fully saturated rings. The Labute approximate surface area is 116 Å². The van der Waals surface area contributed by atoms with Gasteiger partial charge < -0.3 is 5.11 Å². The van der Waals surface area contributed by atoms with E-state index in [-0.39, 0.29) is 0 Å². The molecular weight excluding hydrogens is 269 g/mol. The fraction of sp³-hybridized carbons (Fsp3) is 0.214. The molecule has 0 amide bonds. The van der Waals surface area contributed by atoms with Gasteiger partial charge in [0.15, 0.2) is 0 Å². The number of aliphatic hydroxyl groups excluding tert-OH is 1. The molecule has 0 radical (unpaired) electrons. The van der Waals surface area contributed by atoms with E-state index in [1.165, 1.54) is 0 Å². The average molecular weight is 282 g/mol. The highest BCUT2D eigenvalue weighted by Crippen LogP contribution is 2.33. The first-order valence-electron chi connectivity index (χ1n) is 5.57. The van der Waals surface area contributed by atoms with Crippen molar-refractivity contribution in [1.29, 1.82) is 0 Å². The molecule has 1 aromatic heterocycles. The van der Waals surface area contributed by atoms with Gasteiger partial charge in [-0.15, -0.1) is 0 Å². The largest absolute Gasteiger partial charge is 0.384 e. The Morgan fingerprint density at radius 1 is 1.06 bits per heavy atom. The van der Waals surface area contributed by atoms with Crippen LogP contribution in [0.2, 0.25) is 10.0 Å². The first-order chi connectivity index (χ1) is 8.50. The van der Waals surface area contributed by atoms with Gasteiger partial charge in [-0.05, 0) is 26.0 Å². The molecule has 2 aromatic rings. The molecule has 4 heteroatoms. The molecule has 2 rings (SSSR count). The molecule has 0 spiro atoms. The van der Waals surface area contributed by atoms with E-state index in [4.69, 9.17) is 23.2 Å². The highest BCUT2D eigenvalue weighted by molar-refractivity contribution is 6.42. The minimum absolute atomic E-state index is 0.381. The Bertz CT molecular complexity index is 584. The van der Waals surface area contributed by atoms with Gasteiger partial charge >= 0.3 is 0 Å². The first kappa shape index (κ1) is 13.3. The van der Waals surface area contributed by atoms with Gasteiger partial charge in [0.1, 0.15) is 6.10 Å². The third-order valence-corrected chi connectivity index (χ3v) is 3.67. The summed E-state index contributed by atoms with van der Waals surface area (Å²) in [6.07, 6.45) is -0.815. The van der Waals surface area contributed by atoms with Gasteiger partial charge in [-0.3, -0.25) is 4.98 Å². The molecule has 0 saturated carbocycles. The molecule has 0 bridgehead atoms. The molecule has 1 atom stereocenters. The van der Waals surface area contributed by atoms with Crippen molar-refractivity contribution in [2.24, 2.45) is 0 Å². The average Bonchev–Trinajstić information content (AvgIpc) is 2.32. The summed E-state index contributed by atoms with van der Waals surface area (Å²) in [4.78, 5) is 4.34. The molecule has 0 aliphatic rings. The molecule has 1 N–H and O–H groups in total. The number of aryl methyl sites for hydroxylation is 2. The van der Waals surface area contributed by atoms with E-state index >= 15 is 0 Å². The number of hydrogen-bond donors (Lipinski definition) is 1. The zero-order valence-electron chi connectivity index (χ0n) is 10.1. The highest BCUT2D eigenvalue weighted by Gasteiger charge is 2.17. The van der Waals surface area contributed by atoms with E-state index < -0.39 is 6.10 Å². The van der Waals surface area contributed by atoms with Crippen molar-refractivity contribution in [2.75, 3.05) is 0 Å². The fourth-order valence-corrected chi connectivity index (χ4v) is 2.30. The van der Waals surface area contributed by atoms with Crippen LogP contribution in [0, 0.1) is 13.8 Å². The van der Waals surface area contributed by atoms with Gasteiger partial charge in [0, 0.05) is 22.5 Å². The lowest BCUT2D eigenvalue weighted by Gasteiger charge is -2.15. The lowest BCUT2D eigenvalue weighted by atomic mass is 10.00. The summed E-state index contributed by atoms with van der Waals surface area (Å²) in [7, 11) is 0. The van der Waals surface area contributed by atoms with Gasteiger partial charge in [0.2, 0.25) is 0 Å². The standard InChI is InChI=1S/C14H13Cl2NO/c1-8-6-7-10(9(2)17-8)14(18)11-4-3-5-12(15)13(11)16/h3-7,14,18H,1-2H3. The minimum Gasteiger partial charge on any atom is -0.384 e. The van der Waals surface area contributed by atoms with Crippen LogP contribution in [0.4, 0.5) is 0 Å². The fourth-order valence-electron chi connectivity index (χ4n) is 1.89. The Balaban J connectivity index is 2.48. The summed E-state index contributed by atoms with van der Waals surface area (Å²) < 4.78 is 0. The SMILES string of the molecule is Cc1ccc(C(O)c2cccc(Cl)c2Cl)c(C)n1. The molecule has 18 heavy (non-hydrogen) atoms. The van der Waals surface area contributed by atoms with Crippen molar-refractivity contribution in [1.82, 2.24) is 4.98 Å². The number of aromatic nitrogens is 1. The number of aliphatic hydroxyl groups is 1. The number of hydrogen-bond acceptors (Lipinski definition) is 2. The van der Waals surface area contributed by atoms with Gasteiger partial charge in [0.05, 0.1) is 10.0 Å². The van der Waals surface area contributed by atoms with E-state index in [9.17, 15) is 5.11 Å². The van der Waals surface area contributed by atoms with Crippen LogP contribution < -0.4 is 0 Å². The van der Waals surface area contributed by atoms with E-state index in [0.29, 0.717) is 15.6 Å². The van der Waals surface area contributed by atoms with Crippen LogP contribution in [0.25, 0.3) is 0 Å². The second-order valence-corrected chi connectivity index (χ2v) is 4.96.